The maximum atomic E-state index is 4.58. The Morgan fingerprint density at radius 1 is 0.545 bits per heavy atom. The first kappa shape index (κ1) is 12.7. The summed E-state index contributed by atoms with van der Waals surface area (Å²) < 4.78 is 0. The molecular formula is C20H14N2. The van der Waals surface area contributed by atoms with Crippen LogP contribution >= 0.6 is 0 Å². The summed E-state index contributed by atoms with van der Waals surface area (Å²) in [6.07, 6.45) is 3.72. The van der Waals surface area contributed by atoms with Gasteiger partial charge in [0, 0.05) is 23.3 Å². The number of pyridine rings is 2. The lowest BCUT2D eigenvalue weighted by Gasteiger charge is -2.09. The first-order valence-corrected chi connectivity index (χ1v) is 7.28. The Balaban J connectivity index is 2.00. The third kappa shape index (κ3) is 2.15. The van der Waals surface area contributed by atoms with E-state index in [1.54, 1.807) is 0 Å². The van der Waals surface area contributed by atoms with E-state index in [0.29, 0.717) is 0 Å². The summed E-state index contributed by atoms with van der Waals surface area (Å²) in [7, 11) is 0. The molecule has 0 saturated carbocycles. The van der Waals surface area contributed by atoms with Gasteiger partial charge < -0.3 is 0 Å². The Morgan fingerprint density at radius 3 is 1.91 bits per heavy atom. The van der Waals surface area contributed by atoms with Crippen molar-refractivity contribution in [1.82, 2.24) is 9.97 Å². The van der Waals surface area contributed by atoms with Gasteiger partial charge in [-0.15, -0.1) is 0 Å². The first-order chi connectivity index (χ1) is 10.9. The van der Waals surface area contributed by atoms with Gasteiger partial charge >= 0.3 is 0 Å². The number of hydrogen-bond acceptors (Lipinski definition) is 2. The van der Waals surface area contributed by atoms with E-state index < -0.39 is 0 Å². The van der Waals surface area contributed by atoms with Gasteiger partial charge in [-0.2, -0.15) is 0 Å². The van der Waals surface area contributed by atoms with Gasteiger partial charge in [0.05, 0.1) is 11.2 Å². The molecule has 2 aromatic carbocycles. The van der Waals surface area contributed by atoms with Gasteiger partial charge in [0.1, 0.15) is 0 Å². The van der Waals surface area contributed by atoms with Crippen molar-refractivity contribution in [1.29, 1.82) is 0 Å². The Morgan fingerprint density at radius 2 is 1.18 bits per heavy atom. The van der Waals surface area contributed by atoms with Gasteiger partial charge in [0.15, 0.2) is 0 Å². The van der Waals surface area contributed by atoms with Crippen LogP contribution in [0, 0.1) is 0 Å². The number of benzene rings is 2. The van der Waals surface area contributed by atoms with E-state index in [-0.39, 0.29) is 0 Å². The highest BCUT2D eigenvalue weighted by Crippen LogP contribution is 2.31. The van der Waals surface area contributed by atoms with Crippen molar-refractivity contribution in [3.05, 3.63) is 85.2 Å². The zero-order chi connectivity index (χ0) is 14.8. The molecule has 4 rings (SSSR count). The molecular weight excluding hydrogens is 268 g/mol. The van der Waals surface area contributed by atoms with E-state index in [0.717, 1.165) is 22.2 Å². The van der Waals surface area contributed by atoms with Gasteiger partial charge in [0.25, 0.3) is 0 Å². The third-order valence-corrected chi connectivity index (χ3v) is 3.79. The highest BCUT2D eigenvalue weighted by molar-refractivity contribution is 6.00. The molecule has 2 heterocycles. The van der Waals surface area contributed by atoms with E-state index >= 15 is 0 Å². The predicted octanol–water partition coefficient (Wildman–Crippen LogP) is 4.96. The molecule has 2 aromatic heterocycles. The summed E-state index contributed by atoms with van der Waals surface area (Å²) in [4.78, 5) is 9.13. The quantitative estimate of drug-likeness (QED) is 0.519. The molecule has 0 fully saturated rings. The molecule has 0 spiro atoms. The highest BCUT2D eigenvalue weighted by Gasteiger charge is 2.10. The van der Waals surface area contributed by atoms with Crippen LogP contribution < -0.4 is 0 Å². The molecule has 0 saturated heterocycles. The molecule has 104 valence electrons. The van der Waals surface area contributed by atoms with Crippen molar-refractivity contribution in [2.45, 2.75) is 0 Å². The van der Waals surface area contributed by atoms with Gasteiger partial charge in [0.2, 0.25) is 0 Å². The van der Waals surface area contributed by atoms with E-state index in [1.807, 2.05) is 42.7 Å². The SMILES string of the molecule is c1ccc(-c2ccnc3c(-c4ccccc4)nccc23)cc1. The van der Waals surface area contributed by atoms with Crippen molar-refractivity contribution < 1.29 is 0 Å². The Labute approximate surface area is 129 Å². The topological polar surface area (TPSA) is 25.8 Å². The van der Waals surface area contributed by atoms with Crippen LogP contribution in [0.5, 0.6) is 0 Å². The van der Waals surface area contributed by atoms with Crippen LogP contribution in [0.15, 0.2) is 85.2 Å². The second-order valence-corrected chi connectivity index (χ2v) is 5.15. The number of nitrogens with zero attached hydrogens (tertiary/aromatic N) is 2. The van der Waals surface area contributed by atoms with Gasteiger partial charge in [-0.3, -0.25) is 9.97 Å². The van der Waals surface area contributed by atoms with Crippen LogP contribution in [0.2, 0.25) is 0 Å². The van der Waals surface area contributed by atoms with Crippen LogP contribution in [-0.2, 0) is 0 Å². The molecule has 0 N–H and O–H groups in total. The van der Waals surface area contributed by atoms with Gasteiger partial charge in [-0.25, -0.2) is 0 Å². The van der Waals surface area contributed by atoms with Crippen LogP contribution in [0.1, 0.15) is 0 Å². The standard InChI is InChI=1S/C20H14N2/c1-3-7-15(8-4-1)17-11-13-22-20-18(17)12-14-21-19(20)16-9-5-2-6-10-16/h1-14H. The number of fused-ring (bicyclic) bond motifs is 1. The highest BCUT2D eigenvalue weighted by atomic mass is 14.7. The molecule has 0 aliphatic heterocycles. The summed E-state index contributed by atoms with van der Waals surface area (Å²) in [5.74, 6) is 0. The Kier molecular flexibility index (Phi) is 3.13. The Bertz CT molecular complexity index is 837. The maximum Gasteiger partial charge on any atom is 0.0971 e. The minimum absolute atomic E-state index is 0.927. The van der Waals surface area contributed by atoms with Crippen molar-refractivity contribution in [2.24, 2.45) is 0 Å². The molecule has 2 heteroatoms. The van der Waals surface area contributed by atoms with Crippen molar-refractivity contribution in [2.75, 3.05) is 0 Å². The molecule has 0 bridgehead atoms. The van der Waals surface area contributed by atoms with Crippen molar-refractivity contribution in [3.63, 3.8) is 0 Å². The number of hydrogen-bond donors (Lipinski definition) is 0. The Hall–Kier alpha value is -3.00. The fourth-order valence-corrected chi connectivity index (χ4v) is 2.75. The molecule has 0 amide bonds. The fourth-order valence-electron chi connectivity index (χ4n) is 2.75. The lowest BCUT2D eigenvalue weighted by molar-refractivity contribution is 1.31. The molecule has 0 aliphatic carbocycles. The van der Waals surface area contributed by atoms with E-state index in [9.17, 15) is 0 Å². The molecule has 0 atom stereocenters. The third-order valence-electron chi connectivity index (χ3n) is 3.79. The lowest BCUT2D eigenvalue weighted by Crippen LogP contribution is -1.90. The fraction of sp³-hybridized carbons (Fsp3) is 0. The van der Waals surface area contributed by atoms with Crippen molar-refractivity contribution in [3.8, 4) is 22.4 Å². The largest absolute Gasteiger partial charge is 0.254 e. The summed E-state index contributed by atoms with van der Waals surface area (Å²) in [6.45, 7) is 0. The first-order valence-electron chi connectivity index (χ1n) is 7.28. The van der Waals surface area contributed by atoms with E-state index in [1.165, 1.54) is 11.1 Å². The average molecular weight is 282 g/mol. The lowest BCUT2D eigenvalue weighted by atomic mass is 10.00. The average Bonchev–Trinajstić information content (AvgIpc) is 2.62. The maximum absolute atomic E-state index is 4.58. The summed E-state index contributed by atoms with van der Waals surface area (Å²) in [5.41, 5.74) is 5.34. The van der Waals surface area contributed by atoms with E-state index in [4.69, 9.17) is 0 Å². The predicted molar refractivity (Wildman–Crippen MR) is 90.4 cm³/mol. The van der Waals surface area contributed by atoms with Crippen LogP contribution in [0.3, 0.4) is 0 Å². The van der Waals surface area contributed by atoms with Crippen LogP contribution in [0.25, 0.3) is 33.3 Å². The summed E-state index contributed by atoms with van der Waals surface area (Å²) in [5, 5.41) is 1.13. The zero-order valence-electron chi connectivity index (χ0n) is 12.0. The van der Waals surface area contributed by atoms with E-state index in [2.05, 4.69) is 52.4 Å². The monoisotopic (exact) mass is 282 g/mol. The van der Waals surface area contributed by atoms with Crippen LogP contribution in [0.4, 0.5) is 0 Å². The van der Waals surface area contributed by atoms with Crippen molar-refractivity contribution >= 4 is 10.9 Å². The molecule has 22 heavy (non-hydrogen) atoms. The number of rotatable bonds is 2. The minimum Gasteiger partial charge on any atom is -0.254 e. The molecule has 0 unspecified atom stereocenters. The second-order valence-electron chi connectivity index (χ2n) is 5.15. The molecule has 4 aromatic rings. The zero-order valence-corrected chi connectivity index (χ0v) is 12.0. The molecule has 0 radical (unpaired) electrons. The second kappa shape index (κ2) is 5.41. The number of aromatic nitrogens is 2. The van der Waals surface area contributed by atoms with Crippen LogP contribution in [-0.4, -0.2) is 9.97 Å². The normalized spacial score (nSPS) is 10.7. The minimum atomic E-state index is 0.927. The van der Waals surface area contributed by atoms with Gasteiger partial charge in [-0.1, -0.05) is 60.7 Å². The summed E-state index contributed by atoms with van der Waals surface area (Å²) >= 11 is 0. The molecule has 2 nitrogen and oxygen atoms in total. The smallest absolute Gasteiger partial charge is 0.0971 e. The molecule has 0 aliphatic rings. The van der Waals surface area contributed by atoms with Gasteiger partial charge in [-0.05, 0) is 23.3 Å². The summed E-state index contributed by atoms with van der Waals surface area (Å²) in [6, 6.07) is 24.7.